The second-order valence-electron chi connectivity index (χ2n) is 7.60. The van der Waals surface area contributed by atoms with Crippen molar-refractivity contribution in [2.75, 3.05) is 0 Å². The Bertz CT molecular complexity index is 1600. The van der Waals surface area contributed by atoms with Crippen molar-refractivity contribution in [2.24, 2.45) is 0 Å². The molecular formula is C25H17N3. The van der Waals surface area contributed by atoms with Crippen LogP contribution in [0.2, 0.25) is 0 Å². The normalized spacial score (nSPS) is 11.6. The number of hydrogen-bond donors (Lipinski definition) is 0. The first-order chi connectivity index (χ1) is 13.5. The van der Waals surface area contributed by atoms with Crippen LogP contribution in [0, 0.1) is 22.7 Å². The van der Waals surface area contributed by atoms with Crippen molar-refractivity contribution in [3.63, 3.8) is 0 Å². The van der Waals surface area contributed by atoms with Gasteiger partial charge in [-0.15, -0.1) is 0 Å². The molecule has 5 rings (SSSR count). The lowest BCUT2D eigenvalue weighted by atomic mass is 9.95. The molecule has 0 aliphatic carbocycles. The van der Waals surface area contributed by atoms with Gasteiger partial charge in [0.05, 0.1) is 16.6 Å². The Morgan fingerprint density at radius 1 is 0.893 bits per heavy atom. The molecule has 0 atom stereocenters. The number of hydrogen-bond acceptors (Lipinski definition) is 2. The molecule has 0 fully saturated rings. The zero-order valence-electron chi connectivity index (χ0n) is 15.7. The van der Waals surface area contributed by atoms with Gasteiger partial charge in [-0.3, -0.25) is 0 Å². The summed E-state index contributed by atoms with van der Waals surface area (Å²) in [6.45, 7) is 8.62. The van der Waals surface area contributed by atoms with E-state index in [2.05, 4.69) is 67.3 Å². The molecule has 5 aromatic rings. The Labute approximate surface area is 162 Å². The first-order valence-electron chi connectivity index (χ1n) is 9.30. The molecule has 0 amide bonds. The van der Waals surface area contributed by atoms with E-state index in [1.54, 1.807) is 0 Å². The number of nitrogens with zero attached hydrogens (tertiary/aromatic N) is 3. The maximum atomic E-state index is 9.60. The second kappa shape index (κ2) is 5.59. The Morgan fingerprint density at radius 2 is 1.50 bits per heavy atom. The van der Waals surface area contributed by atoms with Gasteiger partial charge in [-0.1, -0.05) is 44.7 Å². The fraction of sp³-hybridized carbons (Fsp3) is 0.120. The molecule has 0 aliphatic heterocycles. The number of nitriles is 2. The molecule has 3 heterocycles. The zero-order valence-corrected chi connectivity index (χ0v) is 15.7. The molecule has 0 bridgehead atoms. The lowest BCUT2D eigenvalue weighted by Crippen LogP contribution is -2.14. The van der Waals surface area contributed by atoms with E-state index in [-0.39, 0.29) is 5.57 Å². The van der Waals surface area contributed by atoms with Gasteiger partial charge in [0.15, 0.2) is 0 Å². The van der Waals surface area contributed by atoms with E-state index in [1.165, 1.54) is 5.56 Å². The third-order valence-electron chi connectivity index (χ3n) is 5.70. The van der Waals surface area contributed by atoms with Crippen molar-refractivity contribution in [3.05, 3.63) is 64.5 Å². The molecule has 0 saturated carbocycles. The fourth-order valence-corrected chi connectivity index (χ4v) is 4.32. The Hall–Kier alpha value is -3.82. The maximum Gasteiger partial charge on any atom is 0.137 e. The highest BCUT2D eigenvalue weighted by Crippen LogP contribution is 2.33. The van der Waals surface area contributed by atoms with E-state index in [0.29, 0.717) is 11.1 Å². The van der Waals surface area contributed by atoms with E-state index in [0.717, 1.165) is 43.3 Å². The summed E-state index contributed by atoms with van der Waals surface area (Å²) in [5.74, 6) is 0.328. The molecule has 3 nitrogen and oxygen atoms in total. The average molecular weight is 359 g/mol. The van der Waals surface area contributed by atoms with Crippen LogP contribution in [-0.2, 0) is 0 Å². The zero-order chi connectivity index (χ0) is 19.6. The van der Waals surface area contributed by atoms with Crippen LogP contribution in [0.25, 0.3) is 50.2 Å². The lowest BCUT2D eigenvalue weighted by molar-refractivity contribution is 0.869. The second-order valence-corrected chi connectivity index (χ2v) is 7.60. The van der Waals surface area contributed by atoms with Crippen molar-refractivity contribution in [1.29, 1.82) is 10.5 Å². The molecule has 0 radical (unpaired) electrons. The summed E-state index contributed by atoms with van der Waals surface area (Å²) in [6, 6.07) is 20.9. The molecule has 0 saturated heterocycles. The molecule has 132 valence electrons. The predicted octanol–water partition coefficient (Wildman–Crippen LogP) is 4.57. The highest BCUT2D eigenvalue weighted by atomic mass is 14.9. The minimum atomic E-state index is 0.140. The van der Waals surface area contributed by atoms with Gasteiger partial charge in [0.2, 0.25) is 0 Å². The Balaban J connectivity index is 2.26. The van der Waals surface area contributed by atoms with Crippen LogP contribution in [0.5, 0.6) is 0 Å². The minimum Gasteiger partial charge on any atom is -0.308 e. The monoisotopic (exact) mass is 359 g/mol. The molecule has 0 aliphatic rings. The minimum absolute atomic E-state index is 0.140. The molecule has 0 unspecified atom stereocenters. The van der Waals surface area contributed by atoms with Crippen LogP contribution in [0.15, 0.2) is 48.5 Å². The van der Waals surface area contributed by atoms with Gasteiger partial charge in [0.1, 0.15) is 17.7 Å². The average Bonchev–Trinajstić information content (AvgIpc) is 3.02. The molecule has 3 aromatic heterocycles. The lowest BCUT2D eigenvalue weighted by Gasteiger charge is -2.15. The standard InChI is InChI=1S/C25H17N3/c1-14(2)16-9-20-15(3)8-23-18-6-4-5-7-19(18)24-11-21(17(12-26)13-27)22(10-16)25(20)28(23)24/h4-11,14H,3H2,1-2H3. The van der Waals surface area contributed by atoms with E-state index in [1.807, 2.05) is 18.2 Å². The van der Waals surface area contributed by atoms with Crippen LogP contribution in [0.4, 0.5) is 0 Å². The largest absolute Gasteiger partial charge is 0.308 e. The van der Waals surface area contributed by atoms with Crippen LogP contribution in [0.3, 0.4) is 0 Å². The maximum absolute atomic E-state index is 9.60. The van der Waals surface area contributed by atoms with Crippen molar-refractivity contribution >= 4 is 50.2 Å². The van der Waals surface area contributed by atoms with Gasteiger partial charge in [-0.05, 0) is 41.0 Å². The van der Waals surface area contributed by atoms with E-state index >= 15 is 0 Å². The fourth-order valence-electron chi connectivity index (χ4n) is 4.32. The summed E-state index contributed by atoms with van der Waals surface area (Å²) in [7, 11) is 0. The highest BCUT2D eigenvalue weighted by molar-refractivity contribution is 6.14. The van der Waals surface area contributed by atoms with Crippen molar-refractivity contribution < 1.29 is 0 Å². The highest BCUT2D eigenvalue weighted by Gasteiger charge is 2.17. The number of aromatic nitrogens is 1. The third-order valence-corrected chi connectivity index (χ3v) is 5.70. The third kappa shape index (κ3) is 1.96. The summed E-state index contributed by atoms with van der Waals surface area (Å²) >= 11 is 0. The van der Waals surface area contributed by atoms with E-state index in [4.69, 9.17) is 0 Å². The van der Waals surface area contributed by atoms with Gasteiger partial charge in [0, 0.05) is 26.8 Å². The van der Waals surface area contributed by atoms with Crippen LogP contribution in [-0.4, -0.2) is 4.40 Å². The number of fused-ring (bicyclic) bond motifs is 3. The summed E-state index contributed by atoms with van der Waals surface area (Å²) in [5.41, 5.74) is 4.46. The summed E-state index contributed by atoms with van der Waals surface area (Å²) in [4.78, 5) is 0. The van der Waals surface area contributed by atoms with Crippen molar-refractivity contribution in [3.8, 4) is 12.1 Å². The predicted molar refractivity (Wildman–Crippen MR) is 115 cm³/mol. The molecule has 0 spiro atoms. The number of benzene rings is 2. The first kappa shape index (κ1) is 16.4. The number of pyridine rings is 2. The van der Waals surface area contributed by atoms with Crippen molar-refractivity contribution in [1.82, 2.24) is 4.40 Å². The first-order valence-corrected chi connectivity index (χ1v) is 9.30. The van der Waals surface area contributed by atoms with Gasteiger partial charge >= 0.3 is 0 Å². The quantitative estimate of drug-likeness (QED) is 0.440. The van der Waals surface area contributed by atoms with E-state index in [9.17, 15) is 10.5 Å². The van der Waals surface area contributed by atoms with E-state index < -0.39 is 0 Å². The Kier molecular flexibility index (Phi) is 3.26. The van der Waals surface area contributed by atoms with Crippen LogP contribution in [0.1, 0.15) is 25.3 Å². The molecule has 28 heavy (non-hydrogen) atoms. The van der Waals surface area contributed by atoms with Crippen molar-refractivity contribution in [2.45, 2.75) is 19.8 Å². The van der Waals surface area contributed by atoms with Gasteiger partial charge in [-0.25, -0.2) is 0 Å². The van der Waals surface area contributed by atoms with Crippen LogP contribution < -0.4 is 10.4 Å². The van der Waals surface area contributed by atoms with Gasteiger partial charge in [0.25, 0.3) is 0 Å². The summed E-state index contributed by atoms with van der Waals surface area (Å²) < 4.78 is 2.25. The topological polar surface area (TPSA) is 52.0 Å². The molecule has 3 heteroatoms. The number of rotatable bonds is 1. The summed E-state index contributed by atoms with van der Waals surface area (Å²) in [5, 5.41) is 25.1. The SMILES string of the molecule is C=c1cc2c3ccccc3c3cc(=C(C#N)C#N)c4cc(C(C)C)cc1c4n23. The van der Waals surface area contributed by atoms with Crippen LogP contribution >= 0.6 is 0 Å². The van der Waals surface area contributed by atoms with Gasteiger partial charge in [-0.2, -0.15) is 10.5 Å². The molecular weight excluding hydrogens is 342 g/mol. The smallest absolute Gasteiger partial charge is 0.137 e. The molecule has 0 N–H and O–H groups in total. The Morgan fingerprint density at radius 3 is 2.11 bits per heavy atom. The summed E-state index contributed by atoms with van der Waals surface area (Å²) in [6.07, 6.45) is 0. The van der Waals surface area contributed by atoms with Gasteiger partial charge < -0.3 is 4.40 Å². The molecule has 2 aromatic carbocycles.